The van der Waals surface area contributed by atoms with E-state index in [1.807, 2.05) is 17.5 Å². The Balaban J connectivity index is 1.31. The van der Waals surface area contributed by atoms with Crippen LogP contribution in [0.25, 0.3) is 5.69 Å². The summed E-state index contributed by atoms with van der Waals surface area (Å²) in [5, 5.41) is 18.2. The van der Waals surface area contributed by atoms with Gasteiger partial charge in [-0.2, -0.15) is 11.3 Å². The van der Waals surface area contributed by atoms with Gasteiger partial charge in [-0.05, 0) is 40.1 Å². The monoisotopic (exact) mass is 437 g/mol. The van der Waals surface area contributed by atoms with Gasteiger partial charge in [0.2, 0.25) is 0 Å². The van der Waals surface area contributed by atoms with E-state index in [1.54, 1.807) is 28.5 Å². The van der Waals surface area contributed by atoms with Crippen LogP contribution in [0.4, 0.5) is 5.13 Å². The number of amides is 2. The van der Waals surface area contributed by atoms with Gasteiger partial charge in [-0.1, -0.05) is 17.4 Å². The summed E-state index contributed by atoms with van der Waals surface area (Å²) in [6.45, 7) is 1.04. The SMILES string of the molecule is O=C(Nc1nc2c(s1)CN(C(=O)c1cccc(-n3cnnn3)c1)CC2)c1ccsc1. The number of hydrogen-bond acceptors (Lipinski definition) is 8. The average molecular weight is 438 g/mol. The molecule has 0 spiro atoms. The molecular formula is C19H15N7O2S2. The molecule has 4 aromatic rings. The van der Waals surface area contributed by atoms with E-state index < -0.39 is 0 Å². The van der Waals surface area contributed by atoms with E-state index in [2.05, 4.69) is 25.8 Å². The van der Waals surface area contributed by atoms with Gasteiger partial charge >= 0.3 is 0 Å². The minimum atomic E-state index is -0.172. The lowest BCUT2D eigenvalue weighted by Gasteiger charge is -2.26. The topological polar surface area (TPSA) is 106 Å². The first-order chi connectivity index (χ1) is 14.7. The molecule has 1 aliphatic rings. The summed E-state index contributed by atoms with van der Waals surface area (Å²) in [6, 6.07) is 8.98. The summed E-state index contributed by atoms with van der Waals surface area (Å²) in [4.78, 5) is 32.6. The maximum Gasteiger partial charge on any atom is 0.258 e. The van der Waals surface area contributed by atoms with Crippen LogP contribution in [0.15, 0.2) is 47.4 Å². The largest absolute Gasteiger partial charge is 0.333 e. The van der Waals surface area contributed by atoms with Crippen LogP contribution < -0.4 is 5.32 Å². The predicted octanol–water partition coefficient (Wildman–Crippen LogP) is 2.63. The van der Waals surface area contributed by atoms with Gasteiger partial charge in [-0.15, -0.1) is 5.10 Å². The number of carbonyl (C=O) groups is 2. The number of nitrogens with zero attached hydrogens (tertiary/aromatic N) is 6. The summed E-state index contributed by atoms with van der Waals surface area (Å²) < 4.78 is 1.51. The van der Waals surface area contributed by atoms with Crippen molar-refractivity contribution in [3.8, 4) is 5.69 Å². The van der Waals surface area contributed by atoms with E-state index in [1.165, 1.54) is 33.7 Å². The van der Waals surface area contributed by atoms with E-state index in [0.29, 0.717) is 35.8 Å². The molecule has 11 heteroatoms. The molecule has 2 amide bonds. The van der Waals surface area contributed by atoms with E-state index >= 15 is 0 Å². The van der Waals surface area contributed by atoms with Gasteiger partial charge in [0.05, 0.1) is 23.5 Å². The zero-order valence-electron chi connectivity index (χ0n) is 15.6. The van der Waals surface area contributed by atoms with Crippen molar-refractivity contribution in [3.05, 3.63) is 69.1 Å². The quantitative estimate of drug-likeness (QED) is 0.526. The first-order valence-corrected chi connectivity index (χ1v) is 10.9. The first kappa shape index (κ1) is 18.6. The van der Waals surface area contributed by atoms with Gasteiger partial charge in [0.1, 0.15) is 6.33 Å². The maximum absolute atomic E-state index is 13.1. The number of aromatic nitrogens is 5. The van der Waals surface area contributed by atoms with Crippen LogP contribution in [-0.4, -0.2) is 48.5 Å². The molecule has 0 saturated carbocycles. The van der Waals surface area contributed by atoms with Crippen LogP contribution in [0, 0.1) is 0 Å². The second kappa shape index (κ2) is 7.76. The van der Waals surface area contributed by atoms with Gasteiger partial charge in [-0.3, -0.25) is 14.9 Å². The Labute approximate surface area is 179 Å². The van der Waals surface area contributed by atoms with Crippen molar-refractivity contribution < 1.29 is 9.59 Å². The summed E-state index contributed by atoms with van der Waals surface area (Å²) in [6.07, 6.45) is 2.14. The Hall–Kier alpha value is -3.44. The van der Waals surface area contributed by atoms with Crippen molar-refractivity contribution in [1.29, 1.82) is 0 Å². The number of benzene rings is 1. The number of tetrazole rings is 1. The molecule has 0 unspecified atom stereocenters. The lowest BCUT2D eigenvalue weighted by Crippen LogP contribution is -2.35. The second-order valence-electron chi connectivity index (χ2n) is 6.64. The number of rotatable bonds is 4. The molecule has 4 heterocycles. The Morgan fingerprint density at radius 2 is 2.10 bits per heavy atom. The third-order valence-electron chi connectivity index (χ3n) is 4.73. The average Bonchev–Trinajstić information content (AvgIpc) is 3.54. The highest BCUT2D eigenvalue weighted by Gasteiger charge is 2.25. The van der Waals surface area contributed by atoms with Crippen molar-refractivity contribution >= 4 is 39.6 Å². The zero-order chi connectivity index (χ0) is 20.5. The van der Waals surface area contributed by atoms with Crippen molar-refractivity contribution in [3.63, 3.8) is 0 Å². The maximum atomic E-state index is 13.1. The molecule has 0 bridgehead atoms. The smallest absolute Gasteiger partial charge is 0.258 e. The molecule has 9 nitrogen and oxygen atoms in total. The normalized spacial score (nSPS) is 13.1. The van der Waals surface area contributed by atoms with Crippen LogP contribution in [0.1, 0.15) is 31.3 Å². The van der Waals surface area contributed by atoms with Crippen molar-refractivity contribution in [2.75, 3.05) is 11.9 Å². The molecule has 1 aliphatic heterocycles. The first-order valence-electron chi connectivity index (χ1n) is 9.12. The number of nitrogens with one attached hydrogen (secondary N) is 1. The molecule has 1 N–H and O–H groups in total. The van der Waals surface area contributed by atoms with Crippen LogP contribution in [0.2, 0.25) is 0 Å². The predicted molar refractivity (Wildman–Crippen MR) is 112 cm³/mol. The summed E-state index contributed by atoms with van der Waals surface area (Å²) in [7, 11) is 0. The van der Waals surface area contributed by atoms with Crippen molar-refractivity contribution in [2.24, 2.45) is 0 Å². The Bertz CT molecular complexity index is 1200. The minimum absolute atomic E-state index is 0.0622. The van der Waals surface area contributed by atoms with Crippen molar-refractivity contribution in [2.45, 2.75) is 13.0 Å². The van der Waals surface area contributed by atoms with E-state index in [4.69, 9.17) is 0 Å². The summed E-state index contributed by atoms with van der Waals surface area (Å²) in [5.74, 6) is -0.234. The van der Waals surface area contributed by atoms with Gasteiger partial charge in [0.15, 0.2) is 5.13 Å². The number of fused-ring (bicyclic) bond motifs is 1. The third-order valence-corrected chi connectivity index (χ3v) is 6.41. The molecule has 5 rings (SSSR count). The molecule has 0 fully saturated rings. The molecule has 0 radical (unpaired) electrons. The van der Waals surface area contributed by atoms with E-state index in [-0.39, 0.29) is 11.8 Å². The van der Waals surface area contributed by atoms with Crippen LogP contribution in [-0.2, 0) is 13.0 Å². The highest BCUT2D eigenvalue weighted by Crippen LogP contribution is 2.29. The standard InChI is InChI=1S/C19H15N7O2S2/c27-17(13-5-7-29-10-13)22-19-21-15-4-6-25(9-16(15)30-19)18(28)12-2-1-3-14(8-12)26-11-20-23-24-26/h1-3,5,7-8,10-11H,4,6,9H2,(H,21,22,27). The second-order valence-corrected chi connectivity index (χ2v) is 8.50. The molecule has 3 aromatic heterocycles. The summed E-state index contributed by atoms with van der Waals surface area (Å²) >= 11 is 2.89. The number of carbonyl (C=O) groups excluding carboxylic acids is 2. The number of thiophene rings is 1. The van der Waals surface area contributed by atoms with Crippen LogP contribution in [0.3, 0.4) is 0 Å². The minimum Gasteiger partial charge on any atom is -0.333 e. The molecule has 0 atom stereocenters. The molecule has 150 valence electrons. The lowest BCUT2D eigenvalue weighted by atomic mass is 10.1. The molecule has 0 saturated heterocycles. The fourth-order valence-corrected chi connectivity index (χ4v) is 4.88. The lowest BCUT2D eigenvalue weighted by molar-refractivity contribution is 0.0736. The van der Waals surface area contributed by atoms with Crippen molar-refractivity contribution in [1.82, 2.24) is 30.1 Å². The molecule has 30 heavy (non-hydrogen) atoms. The van der Waals surface area contributed by atoms with Crippen LogP contribution >= 0.6 is 22.7 Å². The number of anilines is 1. The molecular weight excluding hydrogens is 422 g/mol. The van der Waals surface area contributed by atoms with Crippen LogP contribution in [0.5, 0.6) is 0 Å². The number of thiazole rings is 1. The number of hydrogen-bond donors (Lipinski definition) is 1. The Kier molecular flexibility index (Phi) is 4.81. The highest BCUT2D eigenvalue weighted by atomic mass is 32.1. The summed E-state index contributed by atoms with van der Waals surface area (Å²) in [5.41, 5.74) is 2.85. The fraction of sp³-hybridized carbons (Fsp3) is 0.158. The zero-order valence-corrected chi connectivity index (χ0v) is 17.2. The van der Waals surface area contributed by atoms with E-state index in [0.717, 1.165) is 16.3 Å². The van der Waals surface area contributed by atoms with E-state index in [9.17, 15) is 9.59 Å². The molecule has 0 aliphatic carbocycles. The molecule has 1 aromatic carbocycles. The van der Waals surface area contributed by atoms with Gasteiger partial charge in [-0.25, -0.2) is 9.67 Å². The highest BCUT2D eigenvalue weighted by molar-refractivity contribution is 7.16. The van der Waals surface area contributed by atoms with Gasteiger partial charge in [0.25, 0.3) is 11.8 Å². The Morgan fingerprint density at radius 3 is 2.90 bits per heavy atom. The fourth-order valence-electron chi connectivity index (χ4n) is 3.23. The van der Waals surface area contributed by atoms with Gasteiger partial charge in [0, 0.05) is 28.8 Å². The Morgan fingerprint density at radius 1 is 1.17 bits per heavy atom. The van der Waals surface area contributed by atoms with Gasteiger partial charge < -0.3 is 4.90 Å². The third kappa shape index (κ3) is 3.60.